The highest BCUT2D eigenvalue weighted by atomic mass is 35.5. The summed E-state index contributed by atoms with van der Waals surface area (Å²) in [6.45, 7) is 5.48. The van der Waals surface area contributed by atoms with E-state index in [1.54, 1.807) is 23.5 Å². The molecule has 0 unspecified atom stereocenters. The smallest absolute Gasteiger partial charge is 0.405 e. The van der Waals surface area contributed by atoms with Gasteiger partial charge in [-0.2, -0.15) is 13.2 Å². The topological polar surface area (TPSA) is 113 Å². The van der Waals surface area contributed by atoms with E-state index < -0.39 is 24.5 Å². The number of phenols is 2. The maximum atomic E-state index is 12.8. The van der Waals surface area contributed by atoms with Crippen LogP contribution < -0.4 is 5.32 Å². The normalized spacial score (nSPS) is 14.7. The third-order valence-corrected chi connectivity index (χ3v) is 6.39. The lowest BCUT2D eigenvalue weighted by Gasteiger charge is -2.26. The predicted octanol–water partition coefficient (Wildman–Crippen LogP) is 4.25. The van der Waals surface area contributed by atoms with Gasteiger partial charge in [0, 0.05) is 25.7 Å². The molecule has 0 radical (unpaired) electrons. The Morgan fingerprint density at radius 2 is 1.84 bits per heavy atom. The number of aromatic hydroxyl groups is 2. The summed E-state index contributed by atoms with van der Waals surface area (Å²) in [6, 6.07) is 7.73. The van der Waals surface area contributed by atoms with Crippen LogP contribution in [0.1, 0.15) is 41.5 Å². The van der Waals surface area contributed by atoms with Crippen LogP contribution in [0.15, 0.2) is 30.3 Å². The van der Waals surface area contributed by atoms with Gasteiger partial charge in [-0.15, -0.1) is 10.2 Å². The number of amides is 1. The van der Waals surface area contributed by atoms with Gasteiger partial charge in [0.15, 0.2) is 5.82 Å². The minimum absolute atomic E-state index is 0.0376. The lowest BCUT2D eigenvalue weighted by Crippen LogP contribution is -2.35. The lowest BCUT2D eigenvalue weighted by atomic mass is 9.98. The number of carbonyl (C=O) groups excluding carboxylic acids is 1. The number of phenolic OH excluding ortho intramolecular Hbond substituents is 2. The van der Waals surface area contributed by atoms with Crippen molar-refractivity contribution in [3.05, 3.63) is 52.3 Å². The summed E-state index contributed by atoms with van der Waals surface area (Å²) in [5.41, 5.74) is 1.71. The van der Waals surface area contributed by atoms with E-state index in [0.717, 1.165) is 24.7 Å². The van der Waals surface area contributed by atoms with Crippen molar-refractivity contribution in [2.24, 2.45) is 0 Å². The standard InChI is InChI=1S/C25H27ClF3N5O4/c1-14(2)16-10-17(21(36)11-20(16)35)22-31-32-23(24(37)30-13-25(27,28)29)34(22)19-4-3-15(9-18(19)26)12-33-5-7-38-8-6-33/h3-4,9-11,14,35-36H,5-8,12-13H2,1-2H3,(H,30,37). The zero-order chi connectivity index (χ0) is 27.6. The van der Waals surface area contributed by atoms with E-state index in [2.05, 4.69) is 15.1 Å². The number of rotatable bonds is 7. The largest absolute Gasteiger partial charge is 0.508 e. The summed E-state index contributed by atoms with van der Waals surface area (Å²) in [5.74, 6) is -2.25. The molecule has 0 saturated carbocycles. The van der Waals surface area contributed by atoms with E-state index in [-0.39, 0.29) is 39.5 Å². The molecule has 0 aliphatic carbocycles. The monoisotopic (exact) mass is 553 g/mol. The first-order chi connectivity index (χ1) is 17.9. The number of nitrogens with zero attached hydrogens (tertiary/aromatic N) is 4. The average Bonchev–Trinajstić information content (AvgIpc) is 3.27. The van der Waals surface area contributed by atoms with Crippen LogP contribution in [-0.2, 0) is 11.3 Å². The molecule has 1 aliphatic heterocycles. The van der Waals surface area contributed by atoms with Crippen molar-refractivity contribution >= 4 is 17.5 Å². The molecule has 9 nitrogen and oxygen atoms in total. The van der Waals surface area contributed by atoms with Crippen molar-refractivity contribution in [2.45, 2.75) is 32.5 Å². The molecule has 2 heterocycles. The molecule has 1 aromatic heterocycles. The van der Waals surface area contributed by atoms with Crippen molar-refractivity contribution in [3.63, 3.8) is 0 Å². The molecule has 13 heteroatoms. The van der Waals surface area contributed by atoms with Gasteiger partial charge in [0.05, 0.1) is 29.5 Å². The third-order valence-electron chi connectivity index (χ3n) is 6.09. The van der Waals surface area contributed by atoms with E-state index >= 15 is 0 Å². The van der Waals surface area contributed by atoms with Gasteiger partial charge in [0.25, 0.3) is 5.91 Å². The van der Waals surface area contributed by atoms with Gasteiger partial charge in [-0.25, -0.2) is 0 Å². The van der Waals surface area contributed by atoms with Gasteiger partial charge in [0.2, 0.25) is 5.82 Å². The molecule has 1 saturated heterocycles. The molecule has 1 fully saturated rings. The van der Waals surface area contributed by atoms with Crippen molar-refractivity contribution in [1.29, 1.82) is 0 Å². The Balaban J connectivity index is 1.80. The Morgan fingerprint density at radius 1 is 1.13 bits per heavy atom. The molecule has 0 atom stereocenters. The number of halogens is 4. The maximum Gasteiger partial charge on any atom is 0.405 e. The van der Waals surface area contributed by atoms with Crippen molar-refractivity contribution in [3.8, 4) is 28.6 Å². The molecular weight excluding hydrogens is 527 g/mol. The third kappa shape index (κ3) is 6.20. The zero-order valence-corrected chi connectivity index (χ0v) is 21.5. The number of alkyl halides is 3. The van der Waals surface area contributed by atoms with Crippen LogP contribution in [0.4, 0.5) is 13.2 Å². The number of ether oxygens (including phenoxy) is 1. The zero-order valence-electron chi connectivity index (χ0n) is 20.7. The second-order valence-corrected chi connectivity index (χ2v) is 9.64. The molecule has 3 aromatic rings. The second kappa shape index (κ2) is 11.2. The predicted molar refractivity (Wildman–Crippen MR) is 134 cm³/mol. The van der Waals surface area contributed by atoms with Crippen LogP contribution in [0.5, 0.6) is 11.5 Å². The van der Waals surface area contributed by atoms with Gasteiger partial charge in [-0.1, -0.05) is 31.5 Å². The van der Waals surface area contributed by atoms with Crippen LogP contribution in [0, 0.1) is 0 Å². The van der Waals surface area contributed by atoms with Crippen LogP contribution in [0.25, 0.3) is 17.1 Å². The van der Waals surface area contributed by atoms with Gasteiger partial charge < -0.3 is 20.3 Å². The molecule has 0 spiro atoms. The molecule has 4 rings (SSSR count). The Kier molecular flexibility index (Phi) is 8.14. The summed E-state index contributed by atoms with van der Waals surface area (Å²) < 4.78 is 44.9. The van der Waals surface area contributed by atoms with Gasteiger partial charge in [-0.05, 0) is 35.2 Å². The molecule has 1 amide bonds. The van der Waals surface area contributed by atoms with Crippen LogP contribution in [-0.4, -0.2) is 74.8 Å². The van der Waals surface area contributed by atoms with Gasteiger partial charge in [0.1, 0.15) is 18.0 Å². The first-order valence-corrected chi connectivity index (χ1v) is 12.3. The summed E-state index contributed by atoms with van der Waals surface area (Å²) in [7, 11) is 0. The molecule has 3 N–H and O–H groups in total. The second-order valence-electron chi connectivity index (χ2n) is 9.24. The van der Waals surface area contributed by atoms with Gasteiger partial charge in [-0.3, -0.25) is 14.3 Å². The summed E-state index contributed by atoms with van der Waals surface area (Å²) >= 11 is 6.64. The fraction of sp³-hybridized carbons (Fsp3) is 0.400. The van der Waals surface area contributed by atoms with Gasteiger partial charge >= 0.3 is 6.18 Å². The SMILES string of the molecule is CC(C)c1cc(-c2nnc(C(=O)NCC(F)(F)F)n2-c2ccc(CN3CCOCC3)cc2Cl)c(O)cc1O. The average molecular weight is 554 g/mol. The molecule has 204 valence electrons. The quantitative estimate of drug-likeness (QED) is 0.401. The Labute approximate surface area is 221 Å². The summed E-state index contributed by atoms with van der Waals surface area (Å²) in [6.07, 6.45) is -4.64. The number of aromatic nitrogens is 3. The first kappa shape index (κ1) is 27.7. The molecule has 1 aliphatic rings. The number of hydrogen-bond donors (Lipinski definition) is 3. The fourth-order valence-electron chi connectivity index (χ4n) is 4.18. The number of morpholine rings is 1. The lowest BCUT2D eigenvalue weighted by molar-refractivity contribution is -0.123. The van der Waals surface area contributed by atoms with E-state index in [9.17, 15) is 28.2 Å². The highest BCUT2D eigenvalue weighted by Crippen LogP contribution is 2.39. The summed E-state index contributed by atoms with van der Waals surface area (Å²) in [5, 5.41) is 30.8. The van der Waals surface area contributed by atoms with Crippen LogP contribution in [0.3, 0.4) is 0 Å². The number of hydrogen-bond acceptors (Lipinski definition) is 7. The van der Waals surface area contributed by atoms with E-state index in [4.69, 9.17) is 16.3 Å². The fourth-order valence-corrected chi connectivity index (χ4v) is 4.46. The minimum atomic E-state index is -4.64. The Hall–Kier alpha value is -3.35. The Morgan fingerprint density at radius 3 is 2.47 bits per heavy atom. The first-order valence-electron chi connectivity index (χ1n) is 11.9. The van der Waals surface area contributed by atoms with E-state index in [1.165, 1.54) is 10.6 Å². The number of carbonyl (C=O) groups is 1. The number of benzene rings is 2. The van der Waals surface area contributed by atoms with E-state index in [0.29, 0.717) is 25.3 Å². The van der Waals surface area contributed by atoms with E-state index in [1.807, 2.05) is 13.8 Å². The summed E-state index contributed by atoms with van der Waals surface area (Å²) in [4.78, 5) is 15.0. The number of nitrogens with one attached hydrogen (secondary N) is 1. The van der Waals surface area contributed by atoms with Crippen molar-refractivity contribution in [1.82, 2.24) is 25.0 Å². The molecular formula is C25H27ClF3N5O4. The Bertz CT molecular complexity index is 1320. The highest BCUT2D eigenvalue weighted by Gasteiger charge is 2.31. The van der Waals surface area contributed by atoms with Crippen molar-refractivity contribution < 1.29 is 32.9 Å². The minimum Gasteiger partial charge on any atom is -0.508 e. The molecule has 0 bridgehead atoms. The maximum absolute atomic E-state index is 12.8. The van der Waals surface area contributed by atoms with Crippen LogP contribution >= 0.6 is 11.6 Å². The van der Waals surface area contributed by atoms with Crippen molar-refractivity contribution in [2.75, 3.05) is 32.8 Å². The van der Waals surface area contributed by atoms with Crippen LogP contribution in [0.2, 0.25) is 5.02 Å². The molecule has 2 aromatic carbocycles. The molecule has 38 heavy (non-hydrogen) atoms. The highest BCUT2D eigenvalue weighted by molar-refractivity contribution is 6.32.